The normalized spacial score (nSPS) is 11.9. The van der Waals surface area contributed by atoms with Crippen molar-refractivity contribution in [2.45, 2.75) is 13.0 Å². The van der Waals surface area contributed by atoms with Crippen LogP contribution in [-0.2, 0) is 14.3 Å². The molecule has 0 aliphatic heterocycles. The minimum absolute atomic E-state index is 0.188. The molecule has 0 aliphatic carbocycles. The predicted octanol–water partition coefficient (Wildman–Crippen LogP) is 1.69. The van der Waals surface area contributed by atoms with Gasteiger partial charge in [-0.1, -0.05) is 6.07 Å². The summed E-state index contributed by atoms with van der Waals surface area (Å²) in [7, 11) is 3.11. The molecule has 0 fully saturated rings. The summed E-state index contributed by atoms with van der Waals surface area (Å²) in [5, 5.41) is 2.75. The van der Waals surface area contributed by atoms with Gasteiger partial charge in [-0.3, -0.25) is 4.79 Å². The number of carbonyl (C=O) groups excluding carboxylic acids is 1. The number of ether oxygens (including phenoxy) is 3. The summed E-state index contributed by atoms with van der Waals surface area (Å²) in [6.45, 7) is 2.69. The Hall–Kier alpha value is -1.59. The molecule has 5 heteroatoms. The first-order valence-corrected chi connectivity index (χ1v) is 5.73. The Morgan fingerprint density at radius 3 is 2.78 bits per heavy atom. The quantitative estimate of drug-likeness (QED) is 0.751. The van der Waals surface area contributed by atoms with Crippen LogP contribution >= 0.6 is 0 Å². The van der Waals surface area contributed by atoms with Gasteiger partial charge in [-0.05, 0) is 19.1 Å². The van der Waals surface area contributed by atoms with E-state index in [0.29, 0.717) is 24.7 Å². The molecule has 1 amide bonds. The third kappa shape index (κ3) is 4.73. The van der Waals surface area contributed by atoms with Gasteiger partial charge in [0.05, 0.1) is 6.61 Å². The highest BCUT2D eigenvalue weighted by Crippen LogP contribution is 2.17. The van der Waals surface area contributed by atoms with E-state index >= 15 is 0 Å². The first-order chi connectivity index (χ1) is 8.67. The van der Waals surface area contributed by atoms with Gasteiger partial charge in [-0.2, -0.15) is 0 Å². The van der Waals surface area contributed by atoms with E-state index in [1.807, 2.05) is 12.1 Å². The van der Waals surface area contributed by atoms with Crippen molar-refractivity contribution in [3.63, 3.8) is 0 Å². The van der Waals surface area contributed by atoms with Gasteiger partial charge in [0.15, 0.2) is 0 Å². The van der Waals surface area contributed by atoms with Crippen LogP contribution in [0.5, 0.6) is 5.75 Å². The SMILES string of the molecule is COCCOc1cccc(NC(=O)C(C)OC)c1. The number of rotatable bonds is 7. The fourth-order valence-electron chi connectivity index (χ4n) is 1.26. The molecule has 0 saturated heterocycles. The highest BCUT2D eigenvalue weighted by Gasteiger charge is 2.11. The molecule has 1 rings (SSSR count). The molecule has 0 spiro atoms. The number of hydrogen-bond donors (Lipinski definition) is 1. The Kier molecular flexibility index (Phi) is 6.18. The van der Waals surface area contributed by atoms with Crippen molar-refractivity contribution in [3.8, 4) is 5.75 Å². The molecule has 0 aromatic heterocycles. The second-order valence-electron chi connectivity index (χ2n) is 3.74. The molecular formula is C13H19NO4. The van der Waals surface area contributed by atoms with Crippen molar-refractivity contribution in [2.75, 3.05) is 32.8 Å². The third-order valence-corrected chi connectivity index (χ3v) is 2.38. The van der Waals surface area contributed by atoms with E-state index in [0.717, 1.165) is 0 Å². The highest BCUT2D eigenvalue weighted by atomic mass is 16.5. The fraction of sp³-hybridized carbons (Fsp3) is 0.462. The molecule has 1 N–H and O–H groups in total. The topological polar surface area (TPSA) is 56.8 Å². The summed E-state index contributed by atoms with van der Waals surface area (Å²) in [4.78, 5) is 11.6. The number of benzene rings is 1. The standard InChI is InChI=1S/C13H19NO4/c1-10(17-3)13(15)14-11-5-4-6-12(9-11)18-8-7-16-2/h4-6,9-10H,7-8H2,1-3H3,(H,14,15). The van der Waals surface area contributed by atoms with Crippen LogP contribution in [0.3, 0.4) is 0 Å². The Morgan fingerprint density at radius 1 is 1.33 bits per heavy atom. The Labute approximate surface area is 107 Å². The van der Waals surface area contributed by atoms with Crippen molar-refractivity contribution in [3.05, 3.63) is 24.3 Å². The van der Waals surface area contributed by atoms with Gasteiger partial charge in [-0.25, -0.2) is 0 Å². The molecule has 0 saturated carbocycles. The minimum atomic E-state index is -0.483. The lowest BCUT2D eigenvalue weighted by Crippen LogP contribution is -2.26. The Morgan fingerprint density at radius 2 is 2.11 bits per heavy atom. The second kappa shape index (κ2) is 7.68. The van der Waals surface area contributed by atoms with Crippen LogP contribution in [0.4, 0.5) is 5.69 Å². The average molecular weight is 253 g/mol. The van der Waals surface area contributed by atoms with Crippen molar-refractivity contribution in [1.29, 1.82) is 0 Å². The van der Waals surface area contributed by atoms with Crippen LogP contribution in [0.15, 0.2) is 24.3 Å². The van der Waals surface area contributed by atoms with Crippen LogP contribution in [0.2, 0.25) is 0 Å². The minimum Gasteiger partial charge on any atom is -0.491 e. The molecule has 5 nitrogen and oxygen atoms in total. The molecule has 0 bridgehead atoms. The molecule has 0 aliphatic rings. The highest BCUT2D eigenvalue weighted by molar-refractivity contribution is 5.94. The molecule has 0 radical (unpaired) electrons. The predicted molar refractivity (Wildman–Crippen MR) is 68.9 cm³/mol. The molecule has 1 aromatic rings. The summed E-state index contributed by atoms with van der Waals surface area (Å²) in [6.07, 6.45) is -0.483. The zero-order valence-electron chi connectivity index (χ0n) is 10.9. The Balaban J connectivity index is 2.56. The lowest BCUT2D eigenvalue weighted by molar-refractivity contribution is -0.124. The van der Waals surface area contributed by atoms with E-state index in [-0.39, 0.29) is 5.91 Å². The van der Waals surface area contributed by atoms with Crippen LogP contribution in [0, 0.1) is 0 Å². The number of anilines is 1. The van der Waals surface area contributed by atoms with Crippen LogP contribution < -0.4 is 10.1 Å². The van der Waals surface area contributed by atoms with Gasteiger partial charge in [-0.15, -0.1) is 0 Å². The van der Waals surface area contributed by atoms with Crippen molar-refractivity contribution in [1.82, 2.24) is 0 Å². The van der Waals surface area contributed by atoms with Crippen LogP contribution in [-0.4, -0.2) is 39.4 Å². The number of carbonyl (C=O) groups is 1. The Bertz CT molecular complexity index is 381. The lowest BCUT2D eigenvalue weighted by atomic mass is 10.3. The van der Waals surface area contributed by atoms with Gasteiger partial charge in [0, 0.05) is 26.0 Å². The smallest absolute Gasteiger partial charge is 0.253 e. The number of nitrogens with one attached hydrogen (secondary N) is 1. The molecule has 0 heterocycles. The number of hydrogen-bond acceptors (Lipinski definition) is 4. The zero-order chi connectivity index (χ0) is 13.4. The van der Waals surface area contributed by atoms with Gasteiger partial charge in [0.2, 0.25) is 0 Å². The van der Waals surface area contributed by atoms with E-state index in [9.17, 15) is 4.79 Å². The summed E-state index contributed by atoms with van der Waals surface area (Å²) in [5.41, 5.74) is 0.679. The number of amides is 1. The maximum atomic E-state index is 11.6. The molecule has 1 atom stereocenters. The maximum absolute atomic E-state index is 11.6. The van der Waals surface area contributed by atoms with Crippen molar-refractivity contribution < 1.29 is 19.0 Å². The summed E-state index contributed by atoms with van der Waals surface area (Å²) in [6, 6.07) is 7.19. The summed E-state index contributed by atoms with van der Waals surface area (Å²) >= 11 is 0. The first kappa shape index (κ1) is 14.5. The summed E-state index contributed by atoms with van der Waals surface area (Å²) < 4.78 is 15.3. The van der Waals surface area contributed by atoms with Crippen LogP contribution in [0.1, 0.15) is 6.92 Å². The van der Waals surface area contributed by atoms with Gasteiger partial charge in [0.25, 0.3) is 5.91 Å². The van der Waals surface area contributed by atoms with Gasteiger partial charge >= 0.3 is 0 Å². The molecule has 1 aromatic carbocycles. The maximum Gasteiger partial charge on any atom is 0.253 e. The van der Waals surface area contributed by atoms with Gasteiger partial charge in [0.1, 0.15) is 18.5 Å². The largest absolute Gasteiger partial charge is 0.491 e. The van der Waals surface area contributed by atoms with Gasteiger partial charge < -0.3 is 19.5 Å². The molecule has 100 valence electrons. The molecular weight excluding hydrogens is 234 g/mol. The van der Waals surface area contributed by atoms with E-state index in [2.05, 4.69) is 5.32 Å². The summed E-state index contributed by atoms with van der Waals surface area (Å²) in [5.74, 6) is 0.501. The molecule has 1 unspecified atom stereocenters. The molecule has 18 heavy (non-hydrogen) atoms. The van der Waals surface area contributed by atoms with E-state index < -0.39 is 6.10 Å². The second-order valence-corrected chi connectivity index (χ2v) is 3.74. The zero-order valence-corrected chi connectivity index (χ0v) is 10.9. The van der Waals surface area contributed by atoms with E-state index in [1.54, 1.807) is 26.2 Å². The average Bonchev–Trinajstić information content (AvgIpc) is 2.38. The first-order valence-electron chi connectivity index (χ1n) is 5.73. The van der Waals surface area contributed by atoms with Crippen molar-refractivity contribution in [2.24, 2.45) is 0 Å². The van der Waals surface area contributed by atoms with E-state index in [4.69, 9.17) is 14.2 Å². The van der Waals surface area contributed by atoms with E-state index in [1.165, 1.54) is 7.11 Å². The fourth-order valence-corrected chi connectivity index (χ4v) is 1.26. The van der Waals surface area contributed by atoms with Crippen LogP contribution in [0.25, 0.3) is 0 Å². The van der Waals surface area contributed by atoms with Crippen molar-refractivity contribution >= 4 is 11.6 Å². The monoisotopic (exact) mass is 253 g/mol. The lowest BCUT2D eigenvalue weighted by Gasteiger charge is -2.11. The third-order valence-electron chi connectivity index (χ3n) is 2.38. The number of methoxy groups -OCH3 is 2.